The molecular formula is C42H54O2S. The first-order chi connectivity index (χ1) is 21.3. The predicted molar refractivity (Wildman–Crippen MR) is 197 cm³/mol. The van der Waals surface area contributed by atoms with E-state index in [1.54, 1.807) is 11.8 Å². The number of benzene rings is 4. The van der Waals surface area contributed by atoms with Gasteiger partial charge in [0.15, 0.2) is 0 Å². The second kappa shape index (κ2) is 17.8. The molecule has 4 rings (SSSR count). The van der Waals surface area contributed by atoms with E-state index in [9.17, 15) is 4.79 Å². The molecule has 0 aromatic heterocycles. The van der Waals surface area contributed by atoms with Crippen molar-refractivity contribution in [3.05, 3.63) is 130 Å². The maximum absolute atomic E-state index is 13.1. The monoisotopic (exact) mass is 622 g/mol. The van der Waals surface area contributed by atoms with Crippen LogP contribution in [0.1, 0.15) is 91.3 Å². The van der Waals surface area contributed by atoms with Crippen molar-refractivity contribution in [2.75, 3.05) is 5.75 Å². The van der Waals surface area contributed by atoms with E-state index in [-0.39, 0.29) is 5.97 Å². The summed E-state index contributed by atoms with van der Waals surface area (Å²) in [5, 5.41) is 1.58. The molecular weight excluding hydrogens is 569 g/mol. The van der Waals surface area contributed by atoms with Crippen molar-refractivity contribution in [2.24, 2.45) is 10.8 Å². The third-order valence-electron chi connectivity index (χ3n) is 7.31. The molecule has 1 atom stereocenters. The molecule has 0 spiro atoms. The lowest BCUT2D eigenvalue weighted by Gasteiger charge is -2.36. The van der Waals surface area contributed by atoms with Crippen LogP contribution in [0.25, 0.3) is 12.2 Å². The Hall–Kier alpha value is -3.56. The molecule has 2 nitrogen and oxygen atoms in total. The maximum Gasteiger partial charge on any atom is 0.344 e. The minimum atomic E-state index is -0.378. The molecule has 0 amide bonds. The summed E-state index contributed by atoms with van der Waals surface area (Å²) in [4.78, 5) is 14.3. The molecule has 0 aliphatic carbocycles. The minimum absolute atomic E-state index is 0.328. The van der Waals surface area contributed by atoms with Gasteiger partial charge in [0.1, 0.15) is 5.75 Å². The number of carbonyl (C=O) groups is 1. The van der Waals surface area contributed by atoms with Crippen molar-refractivity contribution < 1.29 is 9.53 Å². The van der Waals surface area contributed by atoms with Crippen LogP contribution in [-0.4, -0.2) is 11.7 Å². The van der Waals surface area contributed by atoms with E-state index in [0.29, 0.717) is 28.1 Å². The Labute approximate surface area is 277 Å². The molecule has 0 N–H and O–H groups in total. The molecule has 3 heteroatoms. The summed E-state index contributed by atoms with van der Waals surface area (Å²) in [6, 6.07) is 34.0. The highest BCUT2D eigenvalue weighted by Gasteiger charge is 2.30. The molecule has 0 saturated carbocycles. The van der Waals surface area contributed by atoms with Crippen LogP contribution in [0.5, 0.6) is 5.75 Å². The van der Waals surface area contributed by atoms with E-state index < -0.39 is 0 Å². The van der Waals surface area contributed by atoms with Gasteiger partial charge in [-0.15, -0.1) is 11.8 Å². The highest BCUT2D eigenvalue weighted by molar-refractivity contribution is 7.99. The van der Waals surface area contributed by atoms with Crippen LogP contribution in [0.3, 0.4) is 0 Å². The second-order valence-electron chi connectivity index (χ2n) is 13.2. The number of hydrogen-bond donors (Lipinski definition) is 0. The highest BCUT2D eigenvalue weighted by Crippen LogP contribution is 2.42. The molecule has 1 unspecified atom stereocenters. The maximum atomic E-state index is 13.1. The Morgan fingerprint density at radius 1 is 0.778 bits per heavy atom. The zero-order chi connectivity index (χ0) is 33.6. The second-order valence-corrected chi connectivity index (χ2v) is 14.6. The molecule has 0 bridgehead atoms. The van der Waals surface area contributed by atoms with E-state index >= 15 is 0 Å². The molecule has 240 valence electrons. The quantitative estimate of drug-likeness (QED) is 0.117. The number of ether oxygens (including phenoxy) is 1. The first kappa shape index (κ1) is 37.6. The van der Waals surface area contributed by atoms with Gasteiger partial charge in [0.25, 0.3) is 0 Å². The summed E-state index contributed by atoms with van der Waals surface area (Å²) in [6.07, 6.45) is 1.24. The first-order valence-corrected chi connectivity index (χ1v) is 17.1. The molecule has 4 aromatic rings. The van der Waals surface area contributed by atoms with Gasteiger partial charge in [0, 0.05) is 4.90 Å². The molecule has 0 aliphatic rings. The summed E-state index contributed by atoms with van der Waals surface area (Å²) in [7, 11) is 0. The van der Waals surface area contributed by atoms with Gasteiger partial charge < -0.3 is 4.74 Å². The number of thioether (sulfide) groups is 1. The van der Waals surface area contributed by atoms with Gasteiger partial charge in [0.2, 0.25) is 0 Å². The standard InChI is InChI=1S/C24H22O2S.C16H26.C2H6/c1-4-27-20-15-13-19(14-16-20)26-24(25)23(21-11-7-5-9-17(21)2)22-12-8-6-10-18(22)3;1-15(2,3)12-14(16(4,5)6)13-10-8-7-9-11-13;1-2/h5-16H,2,4H2,1,3H3;7-11,14H,12H2,1-6H3;1-2H3/b23-21+;;. The fourth-order valence-electron chi connectivity index (χ4n) is 5.13. The van der Waals surface area contributed by atoms with E-state index in [0.717, 1.165) is 32.2 Å². The van der Waals surface area contributed by atoms with Gasteiger partial charge in [-0.1, -0.05) is 148 Å². The topological polar surface area (TPSA) is 26.3 Å². The molecule has 0 fully saturated rings. The molecule has 0 heterocycles. The van der Waals surface area contributed by atoms with Crippen LogP contribution >= 0.6 is 11.8 Å². The van der Waals surface area contributed by atoms with E-state index in [1.807, 2.05) is 93.6 Å². The summed E-state index contributed by atoms with van der Waals surface area (Å²) >= 11 is 1.75. The van der Waals surface area contributed by atoms with Gasteiger partial charge in [0.05, 0.1) is 5.57 Å². The minimum Gasteiger partial charge on any atom is -0.423 e. The predicted octanol–water partition coefficient (Wildman–Crippen LogP) is 10.6. The van der Waals surface area contributed by atoms with E-state index in [4.69, 9.17) is 4.74 Å². The van der Waals surface area contributed by atoms with Crippen molar-refractivity contribution in [3.8, 4) is 5.75 Å². The van der Waals surface area contributed by atoms with E-state index in [1.165, 1.54) is 12.0 Å². The third-order valence-corrected chi connectivity index (χ3v) is 8.21. The van der Waals surface area contributed by atoms with Crippen LogP contribution in [-0.2, 0) is 4.79 Å². The number of aryl methyl sites for hydroxylation is 1. The Bertz CT molecular complexity index is 1570. The zero-order valence-corrected chi connectivity index (χ0v) is 30.1. The molecule has 4 aromatic carbocycles. The Morgan fingerprint density at radius 2 is 1.33 bits per heavy atom. The van der Waals surface area contributed by atoms with Crippen LogP contribution in [0, 0.1) is 17.8 Å². The van der Waals surface area contributed by atoms with Gasteiger partial charge in [-0.3, -0.25) is 0 Å². The lowest BCUT2D eigenvalue weighted by atomic mass is 9.69. The van der Waals surface area contributed by atoms with Gasteiger partial charge in [-0.25, -0.2) is 4.79 Å². The van der Waals surface area contributed by atoms with Crippen molar-refractivity contribution in [2.45, 2.75) is 86.5 Å². The van der Waals surface area contributed by atoms with Crippen molar-refractivity contribution in [3.63, 3.8) is 0 Å². The lowest BCUT2D eigenvalue weighted by Crippen LogP contribution is -2.30. The van der Waals surface area contributed by atoms with Crippen LogP contribution < -0.4 is 15.2 Å². The Balaban J connectivity index is 0.000000335. The van der Waals surface area contributed by atoms with Crippen molar-refractivity contribution >= 4 is 29.9 Å². The molecule has 0 aliphatic heterocycles. The van der Waals surface area contributed by atoms with Crippen molar-refractivity contribution in [1.29, 1.82) is 0 Å². The van der Waals surface area contributed by atoms with Gasteiger partial charge in [-0.05, 0) is 87.2 Å². The van der Waals surface area contributed by atoms with Crippen LogP contribution in [0.2, 0.25) is 0 Å². The smallest absolute Gasteiger partial charge is 0.344 e. The summed E-state index contributed by atoms with van der Waals surface area (Å²) < 4.78 is 5.72. The van der Waals surface area contributed by atoms with Crippen LogP contribution in [0.15, 0.2) is 108 Å². The fraction of sp³-hybridized carbons (Fsp3) is 0.357. The SMILES string of the molecule is C=c1cccc/c1=C(\C(=O)Oc1ccc(SCC)cc1)c1ccccc1C.CC.CC(C)(C)CC(c1ccccc1)C(C)(C)C. The summed E-state index contributed by atoms with van der Waals surface area (Å²) in [6.45, 7) is 26.2. The Morgan fingerprint density at radius 3 is 1.87 bits per heavy atom. The summed E-state index contributed by atoms with van der Waals surface area (Å²) in [5.74, 6) is 1.79. The number of carbonyl (C=O) groups excluding carboxylic acids is 1. The van der Waals surface area contributed by atoms with Gasteiger partial charge in [-0.2, -0.15) is 0 Å². The summed E-state index contributed by atoms with van der Waals surface area (Å²) in [5.41, 5.74) is 4.59. The van der Waals surface area contributed by atoms with Crippen molar-refractivity contribution in [1.82, 2.24) is 0 Å². The van der Waals surface area contributed by atoms with Crippen LogP contribution in [0.4, 0.5) is 0 Å². The number of hydrogen-bond acceptors (Lipinski definition) is 3. The van der Waals surface area contributed by atoms with Gasteiger partial charge >= 0.3 is 5.97 Å². The normalized spacial score (nSPS) is 12.5. The highest BCUT2D eigenvalue weighted by atomic mass is 32.2. The molecule has 0 radical (unpaired) electrons. The third kappa shape index (κ3) is 12.0. The zero-order valence-electron chi connectivity index (χ0n) is 29.2. The first-order valence-electron chi connectivity index (χ1n) is 16.1. The largest absolute Gasteiger partial charge is 0.423 e. The Kier molecular flexibility index (Phi) is 14.9. The average molecular weight is 623 g/mol. The fourth-order valence-corrected chi connectivity index (χ4v) is 5.79. The number of rotatable bonds is 7. The van der Waals surface area contributed by atoms with E-state index in [2.05, 4.69) is 85.4 Å². The molecule has 0 saturated heterocycles. The molecule has 45 heavy (non-hydrogen) atoms. The lowest BCUT2D eigenvalue weighted by molar-refractivity contribution is -0.128. The average Bonchev–Trinajstić information content (AvgIpc) is 3.00. The number of esters is 1.